The highest BCUT2D eigenvalue weighted by Crippen LogP contribution is 2.32. The van der Waals surface area contributed by atoms with Crippen LogP contribution in [0.15, 0.2) is 22.8 Å². The Hall–Kier alpha value is -2.08. The second-order valence-corrected chi connectivity index (χ2v) is 6.84. The van der Waals surface area contributed by atoms with Crippen LogP contribution in [-0.2, 0) is 12.8 Å². The zero-order valence-corrected chi connectivity index (χ0v) is 13.4. The van der Waals surface area contributed by atoms with Crippen molar-refractivity contribution in [1.82, 2.24) is 10.9 Å². The minimum atomic E-state index is -0.380. The summed E-state index contributed by atoms with van der Waals surface area (Å²) in [5.41, 5.74) is 6.57. The van der Waals surface area contributed by atoms with Crippen LogP contribution < -0.4 is 10.9 Å². The highest BCUT2D eigenvalue weighted by atomic mass is 32.1. The van der Waals surface area contributed by atoms with Gasteiger partial charge in [-0.25, -0.2) is 0 Å². The number of rotatable bonds is 2. The summed E-state index contributed by atoms with van der Waals surface area (Å²) in [6.07, 6.45) is 4.68. The van der Waals surface area contributed by atoms with Crippen LogP contribution in [0.1, 0.15) is 49.6 Å². The van der Waals surface area contributed by atoms with Crippen LogP contribution in [-0.4, -0.2) is 11.8 Å². The number of carbonyl (C=O) groups is 2. The summed E-state index contributed by atoms with van der Waals surface area (Å²) < 4.78 is 5.07. The van der Waals surface area contributed by atoms with E-state index in [2.05, 4.69) is 17.8 Å². The molecule has 0 bridgehead atoms. The molecule has 2 amide bonds. The number of amides is 2. The van der Waals surface area contributed by atoms with Crippen molar-refractivity contribution in [2.24, 2.45) is 5.92 Å². The van der Waals surface area contributed by atoms with Crippen LogP contribution in [0.2, 0.25) is 0 Å². The number of furan rings is 1. The summed E-state index contributed by atoms with van der Waals surface area (Å²) >= 11 is 1.52. The van der Waals surface area contributed by atoms with E-state index in [9.17, 15) is 9.59 Å². The molecule has 0 radical (unpaired) electrons. The van der Waals surface area contributed by atoms with Crippen molar-refractivity contribution in [3.8, 4) is 0 Å². The number of hydrazine groups is 1. The van der Waals surface area contributed by atoms with Crippen LogP contribution in [0.25, 0.3) is 0 Å². The molecule has 1 aliphatic rings. The van der Waals surface area contributed by atoms with E-state index in [1.54, 1.807) is 13.0 Å². The first-order chi connectivity index (χ1) is 10.5. The van der Waals surface area contributed by atoms with Gasteiger partial charge in [-0.05, 0) is 49.8 Å². The number of aryl methyl sites for hydroxylation is 2. The van der Waals surface area contributed by atoms with Crippen molar-refractivity contribution in [3.05, 3.63) is 45.0 Å². The van der Waals surface area contributed by atoms with Crippen molar-refractivity contribution in [2.45, 2.75) is 33.1 Å². The van der Waals surface area contributed by atoms with Crippen molar-refractivity contribution in [2.75, 3.05) is 0 Å². The maximum atomic E-state index is 12.2. The molecule has 5 nitrogen and oxygen atoms in total. The average Bonchev–Trinajstić information content (AvgIpc) is 3.09. The first-order valence-corrected chi connectivity index (χ1v) is 8.12. The second-order valence-electron chi connectivity index (χ2n) is 5.71. The topological polar surface area (TPSA) is 71.3 Å². The van der Waals surface area contributed by atoms with Gasteiger partial charge in [0.05, 0.1) is 16.7 Å². The molecule has 0 saturated heterocycles. The monoisotopic (exact) mass is 318 g/mol. The Labute approximate surface area is 132 Å². The Morgan fingerprint density at radius 1 is 1.32 bits per heavy atom. The van der Waals surface area contributed by atoms with E-state index < -0.39 is 0 Å². The number of carbonyl (C=O) groups excluding carboxylic acids is 2. The molecule has 2 heterocycles. The molecule has 1 atom stereocenters. The predicted molar refractivity (Wildman–Crippen MR) is 83.9 cm³/mol. The van der Waals surface area contributed by atoms with Crippen molar-refractivity contribution in [3.63, 3.8) is 0 Å². The molecule has 1 aliphatic carbocycles. The lowest BCUT2D eigenvalue weighted by atomic mass is 9.90. The molecule has 2 N–H and O–H groups in total. The van der Waals surface area contributed by atoms with Gasteiger partial charge in [-0.2, -0.15) is 0 Å². The van der Waals surface area contributed by atoms with Crippen LogP contribution in [0.4, 0.5) is 0 Å². The number of hydrogen-bond acceptors (Lipinski definition) is 4. The largest absolute Gasteiger partial charge is 0.469 e. The molecule has 2 aromatic heterocycles. The summed E-state index contributed by atoms with van der Waals surface area (Å²) in [6.45, 7) is 3.93. The molecular weight excluding hydrogens is 300 g/mol. The Balaban J connectivity index is 1.63. The maximum Gasteiger partial charge on any atom is 0.279 e. The first-order valence-electron chi connectivity index (χ1n) is 7.31. The number of thiophene rings is 1. The molecular formula is C16H18N2O3S. The van der Waals surface area contributed by atoms with Gasteiger partial charge < -0.3 is 4.42 Å². The third-order valence-corrected chi connectivity index (χ3v) is 5.18. The molecule has 1 unspecified atom stereocenters. The Morgan fingerprint density at radius 2 is 2.09 bits per heavy atom. The van der Waals surface area contributed by atoms with Gasteiger partial charge >= 0.3 is 0 Å². The highest BCUT2D eigenvalue weighted by molar-refractivity contribution is 7.14. The smallest absolute Gasteiger partial charge is 0.279 e. The molecule has 116 valence electrons. The molecule has 0 saturated carbocycles. The number of nitrogens with one attached hydrogen (secondary N) is 2. The van der Waals surface area contributed by atoms with Gasteiger partial charge in [0.25, 0.3) is 11.8 Å². The molecule has 0 aliphatic heterocycles. The van der Waals surface area contributed by atoms with E-state index >= 15 is 0 Å². The molecule has 0 fully saturated rings. The second kappa shape index (κ2) is 5.96. The van der Waals surface area contributed by atoms with Crippen molar-refractivity contribution < 1.29 is 14.0 Å². The molecule has 22 heavy (non-hydrogen) atoms. The van der Waals surface area contributed by atoms with E-state index in [1.807, 2.05) is 6.07 Å². The lowest BCUT2D eigenvalue weighted by Crippen LogP contribution is -2.41. The number of fused-ring (bicyclic) bond motifs is 1. The lowest BCUT2D eigenvalue weighted by Gasteiger charge is -2.16. The zero-order valence-electron chi connectivity index (χ0n) is 12.6. The molecule has 0 aromatic carbocycles. The third-order valence-electron chi connectivity index (χ3n) is 3.95. The van der Waals surface area contributed by atoms with E-state index in [-0.39, 0.29) is 11.8 Å². The fourth-order valence-electron chi connectivity index (χ4n) is 2.68. The van der Waals surface area contributed by atoms with E-state index in [0.717, 1.165) is 12.8 Å². The summed E-state index contributed by atoms with van der Waals surface area (Å²) in [4.78, 5) is 26.0. The van der Waals surface area contributed by atoms with Gasteiger partial charge in [-0.3, -0.25) is 20.4 Å². The van der Waals surface area contributed by atoms with Gasteiger partial charge in [-0.15, -0.1) is 11.3 Å². The SMILES string of the molecule is Cc1occc1C(=O)NNC(=O)c1cc2c(s1)CCC(C)C2. The van der Waals surface area contributed by atoms with Gasteiger partial charge in [0, 0.05) is 4.88 Å². The van der Waals surface area contributed by atoms with E-state index in [4.69, 9.17) is 4.42 Å². The summed E-state index contributed by atoms with van der Waals surface area (Å²) in [5.74, 6) is 0.533. The molecule has 2 aromatic rings. The van der Waals surface area contributed by atoms with E-state index in [1.165, 1.54) is 34.5 Å². The first kappa shape index (κ1) is 14.8. The average molecular weight is 318 g/mol. The van der Waals surface area contributed by atoms with E-state index in [0.29, 0.717) is 22.1 Å². The standard InChI is InChI=1S/C16H18N2O3S/c1-9-3-4-13-11(7-9)8-14(22-13)16(20)18-17-15(19)12-5-6-21-10(12)2/h5-6,8-9H,3-4,7H2,1-2H3,(H,17,19)(H,18,20). The van der Waals surface area contributed by atoms with Gasteiger partial charge in [0.15, 0.2) is 0 Å². The fraction of sp³-hybridized carbons (Fsp3) is 0.375. The maximum absolute atomic E-state index is 12.2. The Bertz CT molecular complexity index is 717. The molecule has 6 heteroatoms. The predicted octanol–water partition coefficient (Wildman–Crippen LogP) is 2.85. The number of hydrogen-bond donors (Lipinski definition) is 2. The molecule has 0 spiro atoms. The van der Waals surface area contributed by atoms with Crippen LogP contribution >= 0.6 is 11.3 Å². The van der Waals surface area contributed by atoms with Crippen LogP contribution in [0.3, 0.4) is 0 Å². The van der Waals surface area contributed by atoms with Crippen LogP contribution in [0, 0.1) is 12.8 Å². The van der Waals surface area contributed by atoms with Gasteiger partial charge in [0.2, 0.25) is 0 Å². The lowest BCUT2D eigenvalue weighted by molar-refractivity contribution is 0.0848. The van der Waals surface area contributed by atoms with Crippen molar-refractivity contribution >= 4 is 23.2 Å². The van der Waals surface area contributed by atoms with Crippen LogP contribution in [0.5, 0.6) is 0 Å². The summed E-state index contributed by atoms with van der Waals surface area (Å²) in [6, 6.07) is 3.52. The minimum absolute atomic E-state index is 0.276. The quantitative estimate of drug-likeness (QED) is 0.836. The zero-order chi connectivity index (χ0) is 15.7. The van der Waals surface area contributed by atoms with Gasteiger partial charge in [-0.1, -0.05) is 6.92 Å². The van der Waals surface area contributed by atoms with Crippen molar-refractivity contribution in [1.29, 1.82) is 0 Å². The Kier molecular flexibility index (Phi) is 4.02. The Morgan fingerprint density at radius 3 is 2.82 bits per heavy atom. The summed E-state index contributed by atoms with van der Waals surface area (Å²) in [5, 5.41) is 0. The minimum Gasteiger partial charge on any atom is -0.469 e. The fourth-order valence-corrected chi connectivity index (χ4v) is 3.78. The molecule has 3 rings (SSSR count). The highest BCUT2D eigenvalue weighted by Gasteiger charge is 2.21. The normalized spacial score (nSPS) is 16.9. The van der Waals surface area contributed by atoms with Gasteiger partial charge in [0.1, 0.15) is 5.76 Å². The summed E-state index contributed by atoms with van der Waals surface area (Å²) in [7, 11) is 0. The third kappa shape index (κ3) is 2.92.